The molecule has 5 heterocycles. The fourth-order valence-corrected chi connectivity index (χ4v) is 7.54. The zero-order valence-corrected chi connectivity index (χ0v) is 23.5. The van der Waals surface area contributed by atoms with Crippen LogP contribution in [0.5, 0.6) is 0 Å². The van der Waals surface area contributed by atoms with Gasteiger partial charge in [0.25, 0.3) is 5.91 Å². The Kier molecular flexibility index (Phi) is 6.20. The molecule has 3 aromatic heterocycles. The lowest BCUT2D eigenvalue weighted by Crippen LogP contribution is -2.38. The Morgan fingerprint density at radius 3 is 2.65 bits per heavy atom. The Bertz CT molecular complexity index is 1770. The number of carbonyl (C=O) groups is 1. The number of hydrogen-bond acceptors (Lipinski definition) is 7. The van der Waals surface area contributed by atoms with Crippen LogP contribution in [0, 0.1) is 5.82 Å². The van der Waals surface area contributed by atoms with Crippen molar-refractivity contribution in [1.29, 1.82) is 0 Å². The molecule has 1 unspecified atom stereocenters. The third-order valence-corrected chi connectivity index (χ3v) is 9.87. The van der Waals surface area contributed by atoms with E-state index in [9.17, 15) is 4.79 Å². The molecule has 40 heavy (non-hydrogen) atoms. The molecule has 0 saturated carbocycles. The minimum atomic E-state index is -0.590. The number of piperidine rings is 2. The van der Waals surface area contributed by atoms with Gasteiger partial charge in [0.1, 0.15) is 11.6 Å². The number of anilines is 1. The number of nitrogens with zero attached hydrogens (tertiary/aromatic N) is 6. The Morgan fingerprint density at radius 1 is 1.00 bits per heavy atom. The molecule has 2 aliphatic rings. The summed E-state index contributed by atoms with van der Waals surface area (Å²) in [6.07, 6.45) is 6.67. The van der Waals surface area contributed by atoms with E-state index in [0.717, 1.165) is 61.8 Å². The molecule has 10 heteroatoms. The minimum Gasteiger partial charge on any atom is -0.383 e. The quantitative estimate of drug-likeness (QED) is 0.309. The normalized spacial score (nSPS) is 19.3. The van der Waals surface area contributed by atoms with Crippen molar-refractivity contribution in [3.63, 3.8) is 0 Å². The SMILES string of the molecule is CN1CCC(c2nc3cc(C4CCCCN4C(=O)c4cc5c(cc4F)nc(N)c4cnn(C)c45)ccc3s2)CC1. The molecule has 2 saturated heterocycles. The van der Waals surface area contributed by atoms with Gasteiger partial charge in [-0.2, -0.15) is 5.10 Å². The largest absolute Gasteiger partial charge is 0.383 e. The number of thiazole rings is 1. The van der Waals surface area contributed by atoms with Crippen molar-refractivity contribution in [2.45, 2.75) is 44.1 Å². The van der Waals surface area contributed by atoms with Gasteiger partial charge in [0.15, 0.2) is 0 Å². The predicted octanol–water partition coefficient (Wildman–Crippen LogP) is 5.63. The van der Waals surface area contributed by atoms with Crippen molar-refractivity contribution >= 4 is 55.1 Å². The Hall–Kier alpha value is -3.63. The Balaban J connectivity index is 1.24. The summed E-state index contributed by atoms with van der Waals surface area (Å²) in [6.45, 7) is 2.79. The van der Waals surface area contributed by atoms with E-state index < -0.39 is 5.82 Å². The molecule has 7 rings (SSSR count). The number of likely N-dealkylation sites (tertiary alicyclic amines) is 2. The van der Waals surface area contributed by atoms with Crippen molar-refractivity contribution in [1.82, 2.24) is 29.5 Å². The molecule has 1 amide bonds. The summed E-state index contributed by atoms with van der Waals surface area (Å²) < 4.78 is 18.3. The van der Waals surface area contributed by atoms with Gasteiger partial charge in [-0.05, 0) is 76.0 Å². The number of amides is 1. The highest BCUT2D eigenvalue weighted by Gasteiger charge is 2.31. The number of fused-ring (bicyclic) bond motifs is 4. The topological polar surface area (TPSA) is 93.2 Å². The second kappa shape index (κ2) is 9.78. The first-order valence-electron chi connectivity index (χ1n) is 14.0. The molecule has 0 radical (unpaired) electrons. The standard InChI is InChI=1S/C30H32FN7OS/c1-36-11-8-17(9-12-36)29-35-24-13-18(6-7-26(24)40-29)25-5-3-4-10-38(25)30(39)19-14-20-23(15-22(19)31)34-28(32)21-16-33-37(2)27(20)21/h6-7,13-17,25H,3-5,8-12H2,1-2H3,(H2,32,34). The molecule has 2 fully saturated rings. The summed E-state index contributed by atoms with van der Waals surface area (Å²) in [5, 5.41) is 6.87. The number of aromatic nitrogens is 4. The van der Waals surface area contributed by atoms with E-state index in [-0.39, 0.29) is 17.5 Å². The second-order valence-electron chi connectivity index (χ2n) is 11.2. The van der Waals surface area contributed by atoms with Gasteiger partial charge in [0.2, 0.25) is 0 Å². The molecule has 0 spiro atoms. The molecule has 2 aliphatic heterocycles. The maximum absolute atomic E-state index is 15.5. The zero-order chi connectivity index (χ0) is 27.5. The van der Waals surface area contributed by atoms with Gasteiger partial charge in [-0.1, -0.05) is 6.07 Å². The highest BCUT2D eigenvalue weighted by atomic mass is 32.1. The third-order valence-electron chi connectivity index (χ3n) is 8.67. The number of carbonyl (C=O) groups excluding carboxylic acids is 1. The van der Waals surface area contributed by atoms with Crippen molar-refractivity contribution in [3.05, 3.63) is 58.5 Å². The van der Waals surface area contributed by atoms with Crippen LogP contribution >= 0.6 is 11.3 Å². The van der Waals surface area contributed by atoms with Gasteiger partial charge in [-0.15, -0.1) is 11.3 Å². The highest BCUT2D eigenvalue weighted by Crippen LogP contribution is 2.38. The van der Waals surface area contributed by atoms with Gasteiger partial charge in [0.05, 0.1) is 49.4 Å². The van der Waals surface area contributed by atoms with E-state index in [0.29, 0.717) is 34.6 Å². The molecule has 1 atom stereocenters. The van der Waals surface area contributed by atoms with Crippen LogP contribution in [0.3, 0.4) is 0 Å². The van der Waals surface area contributed by atoms with E-state index in [2.05, 4.69) is 40.2 Å². The van der Waals surface area contributed by atoms with E-state index >= 15 is 4.39 Å². The summed E-state index contributed by atoms with van der Waals surface area (Å²) >= 11 is 1.79. The summed E-state index contributed by atoms with van der Waals surface area (Å²) in [5.41, 5.74) is 9.35. The van der Waals surface area contributed by atoms with Crippen LogP contribution < -0.4 is 5.73 Å². The minimum absolute atomic E-state index is 0.0489. The number of rotatable bonds is 3. The van der Waals surface area contributed by atoms with Gasteiger partial charge in [0, 0.05) is 31.0 Å². The Morgan fingerprint density at radius 2 is 1.82 bits per heavy atom. The number of hydrogen-bond donors (Lipinski definition) is 1. The predicted molar refractivity (Wildman–Crippen MR) is 157 cm³/mol. The molecule has 5 aromatic rings. The summed E-state index contributed by atoms with van der Waals surface area (Å²) in [6, 6.07) is 9.21. The molecular formula is C30H32FN7OS. The summed E-state index contributed by atoms with van der Waals surface area (Å²) in [5.74, 6) is -0.0902. The van der Waals surface area contributed by atoms with E-state index in [1.54, 1.807) is 35.3 Å². The summed E-state index contributed by atoms with van der Waals surface area (Å²) in [7, 11) is 3.98. The van der Waals surface area contributed by atoms with Crippen LogP contribution in [0.1, 0.15) is 65.0 Å². The van der Waals surface area contributed by atoms with Gasteiger partial charge < -0.3 is 15.5 Å². The van der Waals surface area contributed by atoms with Crippen molar-refractivity contribution in [3.8, 4) is 0 Å². The molecule has 2 N–H and O–H groups in total. The maximum Gasteiger partial charge on any atom is 0.257 e. The van der Waals surface area contributed by atoms with Gasteiger partial charge in [-0.3, -0.25) is 9.48 Å². The first-order valence-corrected chi connectivity index (χ1v) is 14.8. The number of benzene rings is 2. The van der Waals surface area contributed by atoms with Crippen LogP contribution in [0.4, 0.5) is 10.2 Å². The maximum atomic E-state index is 15.5. The van der Waals surface area contributed by atoms with Crippen LogP contribution in [0.25, 0.3) is 32.0 Å². The van der Waals surface area contributed by atoms with Gasteiger partial charge >= 0.3 is 0 Å². The lowest BCUT2D eigenvalue weighted by atomic mass is 9.94. The fourth-order valence-electron chi connectivity index (χ4n) is 6.42. The monoisotopic (exact) mass is 557 g/mol. The smallest absolute Gasteiger partial charge is 0.257 e. The average Bonchev–Trinajstić information content (AvgIpc) is 3.57. The third kappa shape index (κ3) is 4.21. The van der Waals surface area contributed by atoms with E-state index in [1.807, 2.05) is 4.90 Å². The molecular weight excluding hydrogens is 525 g/mol. The number of nitrogen functional groups attached to an aromatic ring is 1. The van der Waals surface area contributed by atoms with Crippen LogP contribution in [0.2, 0.25) is 0 Å². The van der Waals surface area contributed by atoms with Crippen LogP contribution in [-0.2, 0) is 7.05 Å². The van der Waals surface area contributed by atoms with Crippen molar-refractivity contribution in [2.24, 2.45) is 7.05 Å². The number of nitrogens with two attached hydrogens (primary N) is 1. The average molecular weight is 558 g/mol. The molecule has 8 nitrogen and oxygen atoms in total. The van der Waals surface area contributed by atoms with Crippen molar-refractivity contribution < 1.29 is 9.18 Å². The number of halogens is 1. The Labute approximate surface area is 235 Å². The zero-order valence-electron chi connectivity index (χ0n) is 22.7. The van der Waals surface area contributed by atoms with Crippen LogP contribution in [-0.4, -0.2) is 62.1 Å². The second-order valence-corrected chi connectivity index (χ2v) is 12.3. The van der Waals surface area contributed by atoms with Crippen LogP contribution in [0.15, 0.2) is 36.5 Å². The lowest BCUT2D eigenvalue weighted by Gasteiger charge is -2.36. The fraction of sp³-hybridized carbons (Fsp3) is 0.400. The number of aryl methyl sites for hydroxylation is 1. The molecule has 0 aliphatic carbocycles. The molecule has 206 valence electrons. The molecule has 0 bridgehead atoms. The van der Waals surface area contributed by atoms with E-state index in [4.69, 9.17) is 10.7 Å². The molecule has 2 aromatic carbocycles. The first-order chi connectivity index (χ1) is 19.4. The summed E-state index contributed by atoms with van der Waals surface area (Å²) in [4.78, 5) is 27.6. The van der Waals surface area contributed by atoms with Crippen molar-refractivity contribution in [2.75, 3.05) is 32.4 Å². The lowest BCUT2D eigenvalue weighted by molar-refractivity contribution is 0.0607. The van der Waals surface area contributed by atoms with E-state index in [1.165, 1.54) is 15.8 Å². The van der Waals surface area contributed by atoms with Gasteiger partial charge in [-0.25, -0.2) is 14.4 Å². The highest BCUT2D eigenvalue weighted by molar-refractivity contribution is 7.18. The number of pyridine rings is 1. The first kappa shape index (κ1) is 25.3.